The van der Waals surface area contributed by atoms with E-state index in [0.717, 1.165) is 0 Å². The first-order chi connectivity index (χ1) is 6.60. The molecule has 0 saturated heterocycles. The molecule has 3 nitrogen and oxygen atoms in total. The molecule has 0 aliphatic rings. The third-order valence-corrected chi connectivity index (χ3v) is 2.33. The zero-order valence-corrected chi connectivity index (χ0v) is 9.25. The van der Waals surface area contributed by atoms with Gasteiger partial charge in [0, 0.05) is 0 Å². The Morgan fingerprint density at radius 3 is 2.71 bits per heavy atom. The van der Waals surface area contributed by atoms with E-state index in [-0.39, 0.29) is 17.1 Å². The molecule has 0 spiro atoms. The number of aromatic nitrogens is 1. The van der Waals surface area contributed by atoms with Gasteiger partial charge in [0.2, 0.25) is 5.88 Å². The highest BCUT2D eigenvalue weighted by Gasteiger charge is 2.18. The Hall–Kier alpha value is -0.970. The molecule has 0 aliphatic carbocycles. The molecule has 1 rings (SSSR count). The number of hydrogen-bond acceptors (Lipinski definition) is 3. The van der Waals surface area contributed by atoms with Crippen LogP contribution in [0, 0.1) is 14.9 Å². The molecule has 1 aromatic heterocycles. The van der Waals surface area contributed by atoms with Gasteiger partial charge in [-0.15, -0.1) is 0 Å². The van der Waals surface area contributed by atoms with E-state index < -0.39 is 6.43 Å². The number of nitrogens with zero attached hydrogens (tertiary/aromatic N) is 2. The summed E-state index contributed by atoms with van der Waals surface area (Å²) in [4.78, 5) is 3.66. The Labute approximate surface area is 92.8 Å². The molecule has 1 aromatic rings. The van der Waals surface area contributed by atoms with Gasteiger partial charge in [0.05, 0.1) is 16.2 Å². The van der Waals surface area contributed by atoms with E-state index in [2.05, 4.69) is 9.72 Å². The van der Waals surface area contributed by atoms with Crippen molar-refractivity contribution in [2.45, 2.75) is 6.43 Å². The van der Waals surface area contributed by atoms with Crippen LogP contribution in [0.25, 0.3) is 0 Å². The van der Waals surface area contributed by atoms with Crippen molar-refractivity contribution in [2.75, 3.05) is 7.11 Å². The van der Waals surface area contributed by atoms with Crippen LogP contribution in [0.5, 0.6) is 5.88 Å². The van der Waals surface area contributed by atoms with Crippen LogP contribution >= 0.6 is 22.6 Å². The van der Waals surface area contributed by atoms with Crippen LogP contribution < -0.4 is 4.74 Å². The first-order valence-electron chi connectivity index (χ1n) is 3.52. The summed E-state index contributed by atoms with van der Waals surface area (Å²) in [6.07, 6.45) is -2.65. The Morgan fingerprint density at radius 2 is 2.29 bits per heavy atom. The van der Waals surface area contributed by atoms with Crippen molar-refractivity contribution >= 4 is 22.6 Å². The lowest BCUT2D eigenvalue weighted by Gasteiger charge is -2.07. The van der Waals surface area contributed by atoms with Crippen molar-refractivity contribution < 1.29 is 13.5 Å². The summed E-state index contributed by atoms with van der Waals surface area (Å²) in [5.41, 5.74) is -0.206. The second kappa shape index (κ2) is 4.50. The lowest BCUT2D eigenvalue weighted by atomic mass is 10.2. The molecule has 0 fully saturated rings. The van der Waals surface area contributed by atoms with Crippen LogP contribution in [-0.4, -0.2) is 12.1 Å². The largest absolute Gasteiger partial charge is 0.481 e. The molecule has 0 atom stereocenters. The highest BCUT2D eigenvalue weighted by atomic mass is 127. The Bertz CT molecular complexity index is 390. The van der Waals surface area contributed by atoms with Gasteiger partial charge in [0.1, 0.15) is 6.07 Å². The molecule has 0 aromatic carbocycles. The maximum Gasteiger partial charge on any atom is 0.269 e. The van der Waals surface area contributed by atoms with Crippen LogP contribution in [0.2, 0.25) is 0 Å². The first-order valence-corrected chi connectivity index (χ1v) is 4.60. The summed E-state index contributed by atoms with van der Waals surface area (Å²) in [6.45, 7) is 0. The van der Waals surface area contributed by atoms with Gasteiger partial charge < -0.3 is 4.74 Å². The molecule has 0 saturated carbocycles. The van der Waals surface area contributed by atoms with Gasteiger partial charge in [-0.1, -0.05) is 0 Å². The summed E-state index contributed by atoms with van der Waals surface area (Å²) in [7, 11) is 1.24. The molecular formula is C8H5F2IN2O. The zero-order chi connectivity index (χ0) is 10.7. The minimum Gasteiger partial charge on any atom is -0.481 e. The monoisotopic (exact) mass is 310 g/mol. The molecular weight excluding hydrogens is 305 g/mol. The smallest absolute Gasteiger partial charge is 0.269 e. The predicted molar refractivity (Wildman–Crippen MR) is 53.2 cm³/mol. The Kier molecular flexibility index (Phi) is 3.57. The number of rotatable bonds is 2. The van der Waals surface area contributed by atoms with Crippen molar-refractivity contribution in [2.24, 2.45) is 0 Å². The van der Waals surface area contributed by atoms with Gasteiger partial charge in [-0.05, 0) is 28.7 Å². The van der Waals surface area contributed by atoms with Crippen LogP contribution in [-0.2, 0) is 0 Å². The third-order valence-electron chi connectivity index (χ3n) is 1.50. The van der Waals surface area contributed by atoms with E-state index in [1.807, 2.05) is 0 Å². The lowest BCUT2D eigenvalue weighted by molar-refractivity contribution is 0.146. The van der Waals surface area contributed by atoms with Crippen molar-refractivity contribution in [1.82, 2.24) is 4.98 Å². The SMILES string of the molecule is COc1nc(C#N)c(I)cc1C(F)F. The van der Waals surface area contributed by atoms with Gasteiger partial charge in [-0.3, -0.25) is 0 Å². The summed E-state index contributed by atoms with van der Waals surface area (Å²) in [5, 5.41) is 8.61. The van der Waals surface area contributed by atoms with Gasteiger partial charge >= 0.3 is 0 Å². The summed E-state index contributed by atoms with van der Waals surface area (Å²) >= 11 is 1.78. The normalized spacial score (nSPS) is 10.0. The fourth-order valence-corrected chi connectivity index (χ4v) is 1.46. The predicted octanol–water partition coefficient (Wildman–Crippen LogP) is 2.50. The van der Waals surface area contributed by atoms with Crippen LogP contribution in [0.3, 0.4) is 0 Å². The molecule has 14 heavy (non-hydrogen) atoms. The maximum atomic E-state index is 12.4. The molecule has 74 valence electrons. The number of pyridine rings is 1. The molecule has 6 heteroatoms. The van der Waals surface area contributed by atoms with E-state index in [1.165, 1.54) is 13.2 Å². The maximum absolute atomic E-state index is 12.4. The summed E-state index contributed by atoms with van der Waals surface area (Å²) in [5.74, 6) is -0.197. The second-order valence-electron chi connectivity index (χ2n) is 2.33. The minimum absolute atomic E-state index is 0.0897. The molecule has 0 N–H and O–H groups in total. The van der Waals surface area contributed by atoms with Crippen molar-refractivity contribution in [3.63, 3.8) is 0 Å². The average molecular weight is 310 g/mol. The summed E-state index contributed by atoms with van der Waals surface area (Å²) < 4.78 is 29.9. The minimum atomic E-state index is -2.65. The quantitative estimate of drug-likeness (QED) is 0.789. The molecule has 1 heterocycles. The number of hydrogen-bond donors (Lipinski definition) is 0. The number of nitriles is 1. The molecule has 0 amide bonds. The van der Waals surface area contributed by atoms with Crippen molar-refractivity contribution in [3.8, 4) is 11.9 Å². The fourth-order valence-electron chi connectivity index (χ4n) is 0.884. The van der Waals surface area contributed by atoms with Crippen LogP contribution in [0.4, 0.5) is 8.78 Å². The average Bonchev–Trinajstić information content (AvgIpc) is 2.17. The van der Waals surface area contributed by atoms with E-state index in [9.17, 15) is 8.78 Å². The van der Waals surface area contributed by atoms with E-state index >= 15 is 0 Å². The lowest BCUT2D eigenvalue weighted by Crippen LogP contribution is -1.99. The topological polar surface area (TPSA) is 45.9 Å². The highest BCUT2D eigenvalue weighted by molar-refractivity contribution is 14.1. The Morgan fingerprint density at radius 1 is 1.64 bits per heavy atom. The number of methoxy groups -OCH3 is 1. The van der Waals surface area contributed by atoms with E-state index in [1.54, 1.807) is 28.7 Å². The Balaban J connectivity index is 3.33. The van der Waals surface area contributed by atoms with Crippen molar-refractivity contribution in [3.05, 3.63) is 20.9 Å². The molecule has 0 bridgehead atoms. The van der Waals surface area contributed by atoms with Gasteiger partial charge in [-0.2, -0.15) is 5.26 Å². The second-order valence-corrected chi connectivity index (χ2v) is 3.49. The molecule has 0 aliphatic heterocycles. The highest BCUT2D eigenvalue weighted by Crippen LogP contribution is 2.29. The first kappa shape index (κ1) is 11.1. The molecule has 0 radical (unpaired) electrons. The van der Waals surface area contributed by atoms with Gasteiger partial charge in [0.25, 0.3) is 6.43 Å². The fraction of sp³-hybridized carbons (Fsp3) is 0.250. The van der Waals surface area contributed by atoms with Crippen molar-refractivity contribution in [1.29, 1.82) is 5.26 Å². The van der Waals surface area contributed by atoms with Crippen LogP contribution in [0.1, 0.15) is 17.7 Å². The third kappa shape index (κ3) is 2.09. The number of ether oxygens (including phenoxy) is 1. The van der Waals surface area contributed by atoms with E-state index in [4.69, 9.17) is 5.26 Å². The van der Waals surface area contributed by atoms with E-state index in [0.29, 0.717) is 3.57 Å². The number of halogens is 3. The van der Waals surface area contributed by atoms with Gasteiger partial charge in [-0.25, -0.2) is 13.8 Å². The van der Waals surface area contributed by atoms with Crippen LogP contribution in [0.15, 0.2) is 6.07 Å². The number of alkyl halides is 2. The summed E-state index contributed by atoms with van der Waals surface area (Å²) in [6, 6.07) is 3.00. The zero-order valence-electron chi connectivity index (χ0n) is 7.09. The van der Waals surface area contributed by atoms with Gasteiger partial charge in [0.15, 0.2) is 5.69 Å². The standard InChI is InChI=1S/C8H5F2IN2O/c1-14-8-4(7(9)10)2-5(11)6(3-12)13-8/h2,7H,1H3. The molecule has 0 unspecified atom stereocenters.